The van der Waals surface area contributed by atoms with Crippen LogP contribution >= 0.6 is 0 Å². The van der Waals surface area contributed by atoms with Crippen LogP contribution in [-0.2, 0) is 16.6 Å². The van der Waals surface area contributed by atoms with Crippen LogP contribution in [-0.4, -0.2) is 104 Å². The third-order valence-electron chi connectivity index (χ3n) is 9.90. The van der Waals surface area contributed by atoms with E-state index in [1.807, 2.05) is 79.0 Å². The molecule has 2 N–H and O–H groups in total. The van der Waals surface area contributed by atoms with Crippen molar-refractivity contribution in [1.29, 1.82) is 0 Å². The van der Waals surface area contributed by atoms with E-state index in [9.17, 15) is 14.4 Å². The van der Waals surface area contributed by atoms with Gasteiger partial charge in [-0.2, -0.15) is 0 Å². The van der Waals surface area contributed by atoms with Gasteiger partial charge in [0.05, 0.1) is 44.2 Å². The summed E-state index contributed by atoms with van der Waals surface area (Å²) in [7, 11) is 3.37. The van der Waals surface area contributed by atoms with E-state index in [1.54, 1.807) is 16.7 Å². The number of morpholine rings is 1. The molecule has 0 bridgehead atoms. The van der Waals surface area contributed by atoms with Gasteiger partial charge in [0.15, 0.2) is 11.5 Å². The fourth-order valence-electron chi connectivity index (χ4n) is 6.90. The first-order chi connectivity index (χ1) is 26.3. The molecule has 1 atom stereocenters. The second kappa shape index (κ2) is 17.0. The van der Waals surface area contributed by atoms with Crippen molar-refractivity contribution >= 4 is 41.0 Å². The van der Waals surface area contributed by atoms with Crippen LogP contribution in [0.15, 0.2) is 77.9 Å². The maximum atomic E-state index is 13.2. The van der Waals surface area contributed by atoms with Crippen molar-refractivity contribution in [3.63, 3.8) is 0 Å². The van der Waals surface area contributed by atoms with Gasteiger partial charge in [0, 0.05) is 75.1 Å². The summed E-state index contributed by atoms with van der Waals surface area (Å²) in [5, 5.41) is 5.91. The minimum absolute atomic E-state index is 0.0206. The van der Waals surface area contributed by atoms with Gasteiger partial charge in [0.1, 0.15) is 18.1 Å². The summed E-state index contributed by atoms with van der Waals surface area (Å²) in [4.78, 5) is 47.8. The van der Waals surface area contributed by atoms with Crippen LogP contribution in [0.25, 0.3) is 11.1 Å². The number of ether oxygens (including phenoxy) is 4. The Morgan fingerprint density at radius 2 is 1.65 bits per heavy atom. The van der Waals surface area contributed by atoms with Crippen molar-refractivity contribution in [2.24, 2.45) is 12.0 Å². The molecule has 13 nitrogen and oxygen atoms in total. The molecule has 3 aromatic carbocycles. The normalized spacial score (nSPS) is 16.7. The minimum Gasteiger partial charge on any atom is -0.493 e. The van der Waals surface area contributed by atoms with Gasteiger partial charge in [-0.1, -0.05) is 12.1 Å². The Labute approximate surface area is 314 Å². The predicted octanol–water partition coefficient (Wildman–Crippen LogP) is 5.78. The average molecular weight is 735 g/mol. The molecule has 13 heteroatoms. The molecule has 0 spiro atoms. The second-order valence-electron chi connectivity index (χ2n) is 13.6. The molecular formula is C41H46N6O7. The highest BCUT2D eigenvalue weighted by atomic mass is 16.5. The Hall–Kier alpha value is -5.66. The molecule has 4 heterocycles. The van der Waals surface area contributed by atoms with E-state index in [-0.39, 0.29) is 36.8 Å². The largest absolute Gasteiger partial charge is 0.493 e. The number of carbonyl (C=O) groups is 3. The minimum atomic E-state index is -0.220. The van der Waals surface area contributed by atoms with E-state index in [4.69, 9.17) is 18.9 Å². The molecule has 4 aromatic rings. The lowest BCUT2D eigenvalue weighted by Crippen LogP contribution is -2.38. The first kappa shape index (κ1) is 36.7. The third kappa shape index (κ3) is 8.75. The molecule has 54 heavy (non-hydrogen) atoms. The number of fused-ring (bicyclic) bond motifs is 2. The van der Waals surface area contributed by atoms with E-state index in [0.29, 0.717) is 52.8 Å². The fraction of sp³-hybridized carbons (Fsp3) is 0.366. The molecule has 0 radical (unpaired) electrons. The van der Waals surface area contributed by atoms with Crippen molar-refractivity contribution in [3.05, 3.63) is 84.2 Å². The van der Waals surface area contributed by atoms with Crippen LogP contribution in [0.1, 0.15) is 46.5 Å². The highest BCUT2D eigenvalue weighted by molar-refractivity contribution is 6.04. The molecule has 282 valence electrons. The maximum absolute atomic E-state index is 13.2. The number of carbonyl (C=O) groups excluding carboxylic acids is 3. The summed E-state index contributed by atoms with van der Waals surface area (Å²) in [6, 6.07) is 20.2. The van der Waals surface area contributed by atoms with Gasteiger partial charge in [-0.05, 0) is 73.4 Å². The summed E-state index contributed by atoms with van der Waals surface area (Å²) in [6.45, 7) is 5.83. The van der Waals surface area contributed by atoms with Crippen molar-refractivity contribution in [1.82, 2.24) is 14.4 Å². The van der Waals surface area contributed by atoms with Crippen molar-refractivity contribution in [3.8, 4) is 28.4 Å². The highest BCUT2D eigenvalue weighted by Crippen LogP contribution is 2.38. The number of nitrogens with zero attached hydrogens (tertiary/aromatic N) is 4. The van der Waals surface area contributed by atoms with Crippen LogP contribution in [0.4, 0.5) is 17.1 Å². The molecule has 0 aliphatic carbocycles. The molecule has 2 fully saturated rings. The lowest BCUT2D eigenvalue weighted by atomic mass is 10.1. The number of hydrogen-bond donors (Lipinski definition) is 2. The number of aliphatic imine (C=N–C) groups is 1. The molecule has 3 amide bonds. The van der Waals surface area contributed by atoms with Crippen molar-refractivity contribution < 1.29 is 33.3 Å². The molecule has 2 saturated heterocycles. The third-order valence-corrected chi connectivity index (χ3v) is 9.90. The number of methoxy groups -OCH3 is 1. The smallest absolute Gasteiger partial charge is 0.272 e. The first-order valence-electron chi connectivity index (χ1n) is 18.5. The number of benzene rings is 3. The van der Waals surface area contributed by atoms with Crippen LogP contribution in [0.3, 0.4) is 0 Å². The number of nitrogens with one attached hydrogen (secondary N) is 2. The molecule has 3 aliphatic rings. The Balaban J connectivity index is 0.864. The molecule has 0 saturated carbocycles. The van der Waals surface area contributed by atoms with Gasteiger partial charge in [-0.15, -0.1) is 0 Å². The molecular weight excluding hydrogens is 688 g/mol. The molecule has 1 aromatic heterocycles. The number of aryl methyl sites for hydroxylation is 1. The second-order valence-corrected chi connectivity index (χ2v) is 13.6. The van der Waals surface area contributed by atoms with E-state index >= 15 is 0 Å². The number of rotatable bonds is 14. The topological polar surface area (TPSA) is 136 Å². The summed E-state index contributed by atoms with van der Waals surface area (Å²) >= 11 is 0. The standard InChI is InChI=1S/C41H46N6O7/c1-45-27-29(23-36(45)40(49)44-31-11-13-33(14-12-31)53-22-18-46-16-20-52-21-17-46)28-7-9-30(10-8-28)43-39(48)6-4-19-54-38-25-35-34(24-37(38)51-2)41(50)47-15-3-5-32(47)26-42-35/h7-14,23-27,32H,3-6,15-22H2,1-2H3,(H,43,48)(H,44,49)/t32-/m0/s1. The number of hydrogen-bond acceptors (Lipinski definition) is 9. The van der Waals surface area contributed by atoms with E-state index < -0.39 is 0 Å². The van der Waals surface area contributed by atoms with Gasteiger partial charge in [0.25, 0.3) is 11.8 Å². The van der Waals surface area contributed by atoms with E-state index in [0.717, 1.165) is 69.1 Å². The van der Waals surface area contributed by atoms with E-state index in [1.165, 1.54) is 7.11 Å². The Morgan fingerprint density at radius 3 is 2.43 bits per heavy atom. The number of anilines is 2. The van der Waals surface area contributed by atoms with E-state index in [2.05, 4.69) is 20.5 Å². The summed E-state index contributed by atoms with van der Waals surface area (Å²) < 4.78 is 24.6. The SMILES string of the molecule is COc1cc2c(cc1OCCCC(=O)Nc1ccc(-c3cc(C(=O)Nc4ccc(OCCN5CCOCC5)cc4)n(C)c3)cc1)N=C[C@@H]1CCCN1C2=O. The van der Waals surface area contributed by atoms with Crippen LogP contribution < -0.4 is 24.8 Å². The number of aromatic nitrogens is 1. The summed E-state index contributed by atoms with van der Waals surface area (Å²) in [5.74, 6) is 1.29. The lowest BCUT2D eigenvalue weighted by Gasteiger charge is -2.26. The molecule has 0 unspecified atom stereocenters. The zero-order valence-electron chi connectivity index (χ0n) is 30.7. The van der Waals surface area contributed by atoms with Gasteiger partial charge in [0.2, 0.25) is 5.91 Å². The Kier molecular flexibility index (Phi) is 11.5. The van der Waals surface area contributed by atoms with Crippen molar-refractivity contribution in [2.45, 2.75) is 31.7 Å². The number of amides is 3. The van der Waals surface area contributed by atoms with Crippen molar-refractivity contribution in [2.75, 3.05) is 70.3 Å². The van der Waals surface area contributed by atoms with Crippen LogP contribution in [0, 0.1) is 0 Å². The van der Waals surface area contributed by atoms with Gasteiger partial charge < -0.3 is 39.0 Å². The Morgan fingerprint density at radius 1 is 0.889 bits per heavy atom. The van der Waals surface area contributed by atoms with Crippen LogP contribution in [0.5, 0.6) is 17.2 Å². The molecule has 7 rings (SSSR count). The quantitative estimate of drug-likeness (QED) is 0.156. The zero-order valence-corrected chi connectivity index (χ0v) is 30.7. The zero-order chi connectivity index (χ0) is 37.4. The van der Waals surface area contributed by atoms with Crippen LogP contribution in [0.2, 0.25) is 0 Å². The van der Waals surface area contributed by atoms with Gasteiger partial charge in [-0.25, -0.2) is 0 Å². The monoisotopic (exact) mass is 734 g/mol. The highest BCUT2D eigenvalue weighted by Gasteiger charge is 2.32. The van der Waals surface area contributed by atoms with Gasteiger partial charge in [-0.3, -0.25) is 24.3 Å². The Bertz CT molecular complexity index is 1990. The predicted molar refractivity (Wildman–Crippen MR) is 207 cm³/mol. The molecule has 3 aliphatic heterocycles. The summed E-state index contributed by atoms with van der Waals surface area (Å²) in [6.07, 6.45) is 6.35. The first-order valence-corrected chi connectivity index (χ1v) is 18.5. The average Bonchev–Trinajstić information content (AvgIpc) is 3.80. The fourth-order valence-corrected chi connectivity index (χ4v) is 6.90. The van der Waals surface area contributed by atoms with Gasteiger partial charge >= 0.3 is 0 Å². The lowest BCUT2D eigenvalue weighted by molar-refractivity contribution is -0.116. The maximum Gasteiger partial charge on any atom is 0.272 e. The summed E-state index contributed by atoms with van der Waals surface area (Å²) in [5.41, 5.74) is 4.71.